The highest BCUT2D eigenvalue weighted by atomic mass is 35.5. The number of likely N-dealkylation sites (tertiary alicyclic amines) is 1. The molecule has 0 bridgehead atoms. The molecule has 172 valence electrons. The molecule has 33 heavy (non-hydrogen) atoms. The van der Waals surface area contributed by atoms with Gasteiger partial charge in [0.05, 0.1) is 29.6 Å². The lowest BCUT2D eigenvalue weighted by molar-refractivity contribution is -0.141. The van der Waals surface area contributed by atoms with Gasteiger partial charge in [-0.2, -0.15) is 18.3 Å². The standard InChI is InChI=1S/C21H18ClF3N6O2/c1-2-30(16-12-31(28-18(16)22)15-4-3-7-26-9-15)20(33)14-10-29(11-14)19(32)13-5-6-17(27-8-13)21(23,24)25/h3-9,12,14H,2,10-11H2,1H3. The number of hydrogen-bond donors (Lipinski definition) is 0. The third-order valence-corrected chi connectivity index (χ3v) is 5.52. The predicted molar refractivity (Wildman–Crippen MR) is 113 cm³/mol. The van der Waals surface area contributed by atoms with E-state index in [-0.39, 0.29) is 29.7 Å². The number of nitrogens with zero attached hydrogens (tertiary/aromatic N) is 6. The highest BCUT2D eigenvalue weighted by Crippen LogP contribution is 2.30. The summed E-state index contributed by atoms with van der Waals surface area (Å²) in [5, 5.41) is 4.39. The Kier molecular flexibility index (Phi) is 6.07. The number of carbonyl (C=O) groups is 2. The van der Waals surface area contributed by atoms with Crippen molar-refractivity contribution >= 4 is 29.1 Å². The van der Waals surface area contributed by atoms with Crippen molar-refractivity contribution in [2.75, 3.05) is 24.5 Å². The molecule has 12 heteroatoms. The molecule has 1 aliphatic rings. The fraction of sp³-hybridized carbons (Fsp3) is 0.286. The Bertz CT molecular complexity index is 1160. The van der Waals surface area contributed by atoms with Crippen molar-refractivity contribution in [2.45, 2.75) is 13.1 Å². The van der Waals surface area contributed by atoms with Crippen LogP contribution in [0, 0.1) is 5.92 Å². The van der Waals surface area contributed by atoms with Gasteiger partial charge >= 0.3 is 6.18 Å². The molecule has 3 aromatic heterocycles. The topological polar surface area (TPSA) is 84.2 Å². The fourth-order valence-corrected chi connectivity index (χ4v) is 3.72. The van der Waals surface area contributed by atoms with E-state index >= 15 is 0 Å². The Labute approximate surface area is 191 Å². The Morgan fingerprint density at radius 1 is 1.21 bits per heavy atom. The van der Waals surface area contributed by atoms with Gasteiger partial charge in [0.1, 0.15) is 11.4 Å². The molecule has 0 atom stereocenters. The van der Waals surface area contributed by atoms with Gasteiger partial charge in [0, 0.05) is 32.0 Å². The van der Waals surface area contributed by atoms with Crippen molar-refractivity contribution in [3.8, 4) is 5.69 Å². The smallest absolute Gasteiger partial charge is 0.337 e. The van der Waals surface area contributed by atoms with Crippen LogP contribution in [-0.2, 0) is 11.0 Å². The molecule has 0 radical (unpaired) electrons. The molecule has 2 amide bonds. The quantitative estimate of drug-likeness (QED) is 0.561. The van der Waals surface area contributed by atoms with E-state index in [0.29, 0.717) is 17.9 Å². The van der Waals surface area contributed by atoms with E-state index in [0.717, 1.165) is 18.3 Å². The number of anilines is 1. The van der Waals surface area contributed by atoms with Gasteiger partial charge in [-0.25, -0.2) is 4.68 Å². The molecule has 0 aliphatic carbocycles. The summed E-state index contributed by atoms with van der Waals surface area (Å²) in [7, 11) is 0. The molecule has 0 saturated carbocycles. The van der Waals surface area contributed by atoms with E-state index in [2.05, 4.69) is 15.1 Å². The van der Waals surface area contributed by atoms with Crippen molar-refractivity contribution < 1.29 is 22.8 Å². The lowest BCUT2D eigenvalue weighted by Crippen LogP contribution is -2.56. The van der Waals surface area contributed by atoms with E-state index in [9.17, 15) is 22.8 Å². The second-order valence-electron chi connectivity index (χ2n) is 7.38. The summed E-state index contributed by atoms with van der Waals surface area (Å²) in [6.07, 6.45) is 1.19. The maximum atomic E-state index is 13.1. The molecule has 1 fully saturated rings. The van der Waals surface area contributed by atoms with Crippen LogP contribution in [0.25, 0.3) is 5.69 Å². The zero-order valence-corrected chi connectivity index (χ0v) is 18.1. The molecule has 8 nitrogen and oxygen atoms in total. The van der Waals surface area contributed by atoms with Crippen LogP contribution in [0.2, 0.25) is 5.15 Å². The molecule has 0 unspecified atom stereocenters. The minimum atomic E-state index is -4.58. The zero-order chi connectivity index (χ0) is 23.8. The van der Waals surface area contributed by atoms with E-state index in [1.807, 2.05) is 0 Å². The van der Waals surface area contributed by atoms with Crippen molar-refractivity contribution in [1.29, 1.82) is 0 Å². The van der Waals surface area contributed by atoms with Crippen molar-refractivity contribution in [3.05, 3.63) is 65.5 Å². The highest BCUT2D eigenvalue weighted by Gasteiger charge is 2.39. The lowest BCUT2D eigenvalue weighted by atomic mass is 9.97. The Morgan fingerprint density at radius 3 is 2.55 bits per heavy atom. The van der Waals surface area contributed by atoms with Crippen LogP contribution in [-0.4, -0.2) is 56.1 Å². The van der Waals surface area contributed by atoms with Gasteiger partial charge in [0.25, 0.3) is 5.91 Å². The van der Waals surface area contributed by atoms with Gasteiger partial charge in [-0.05, 0) is 31.2 Å². The number of halogens is 4. The SMILES string of the molecule is CCN(C(=O)C1CN(C(=O)c2ccc(C(F)(F)F)nc2)C1)c1cn(-c2cccnc2)nc1Cl. The summed E-state index contributed by atoms with van der Waals surface area (Å²) in [5.41, 5.74) is 0.0736. The summed E-state index contributed by atoms with van der Waals surface area (Å²) in [6, 6.07) is 5.39. The summed E-state index contributed by atoms with van der Waals surface area (Å²) in [6.45, 7) is 2.42. The van der Waals surface area contributed by atoms with Crippen molar-refractivity contribution in [2.24, 2.45) is 5.92 Å². The third-order valence-electron chi connectivity index (χ3n) is 5.25. The number of aromatic nitrogens is 4. The molecule has 0 N–H and O–H groups in total. The third kappa shape index (κ3) is 4.54. The maximum Gasteiger partial charge on any atom is 0.433 e. The number of rotatable bonds is 5. The van der Waals surface area contributed by atoms with Crippen LogP contribution in [0.4, 0.5) is 18.9 Å². The average molecular weight is 479 g/mol. The number of amides is 2. The first-order valence-electron chi connectivity index (χ1n) is 9.98. The van der Waals surface area contributed by atoms with E-state index < -0.39 is 23.7 Å². The largest absolute Gasteiger partial charge is 0.433 e. The minimum Gasteiger partial charge on any atom is -0.337 e. The van der Waals surface area contributed by atoms with Crippen LogP contribution in [0.5, 0.6) is 0 Å². The average Bonchev–Trinajstić information content (AvgIpc) is 3.14. The summed E-state index contributed by atoms with van der Waals surface area (Å²) in [4.78, 5) is 35.8. The second-order valence-corrected chi connectivity index (χ2v) is 7.74. The monoisotopic (exact) mass is 478 g/mol. The molecule has 4 heterocycles. The van der Waals surface area contributed by atoms with E-state index in [1.54, 1.807) is 37.6 Å². The maximum absolute atomic E-state index is 13.1. The molecular weight excluding hydrogens is 461 g/mol. The van der Waals surface area contributed by atoms with Gasteiger partial charge in [-0.3, -0.25) is 19.6 Å². The van der Waals surface area contributed by atoms with Gasteiger partial charge < -0.3 is 9.80 Å². The van der Waals surface area contributed by atoms with Gasteiger partial charge in [0.15, 0.2) is 5.15 Å². The molecule has 4 rings (SSSR count). The summed E-state index contributed by atoms with van der Waals surface area (Å²) >= 11 is 6.28. The Balaban J connectivity index is 1.42. The van der Waals surface area contributed by atoms with Crippen molar-refractivity contribution in [3.63, 3.8) is 0 Å². The first kappa shape index (κ1) is 22.7. The van der Waals surface area contributed by atoms with Crippen LogP contribution < -0.4 is 4.90 Å². The van der Waals surface area contributed by atoms with E-state index in [4.69, 9.17) is 11.6 Å². The van der Waals surface area contributed by atoms with E-state index in [1.165, 1.54) is 14.5 Å². The number of alkyl halides is 3. The Morgan fingerprint density at radius 2 is 1.97 bits per heavy atom. The lowest BCUT2D eigenvalue weighted by Gasteiger charge is -2.40. The normalized spacial score (nSPS) is 14.2. The zero-order valence-electron chi connectivity index (χ0n) is 17.3. The summed E-state index contributed by atoms with van der Waals surface area (Å²) < 4.78 is 39.5. The first-order valence-corrected chi connectivity index (χ1v) is 10.4. The number of hydrogen-bond acceptors (Lipinski definition) is 5. The molecule has 3 aromatic rings. The second kappa shape index (κ2) is 8.81. The van der Waals surface area contributed by atoms with Crippen LogP contribution in [0.3, 0.4) is 0 Å². The minimum absolute atomic E-state index is 0.0297. The van der Waals surface area contributed by atoms with Crippen molar-refractivity contribution in [1.82, 2.24) is 24.6 Å². The first-order chi connectivity index (χ1) is 15.7. The molecule has 0 aromatic carbocycles. The number of pyridine rings is 2. The molecule has 1 aliphatic heterocycles. The van der Waals surface area contributed by atoms with Gasteiger partial charge in [-0.1, -0.05) is 11.6 Å². The van der Waals surface area contributed by atoms with Crippen LogP contribution in [0.1, 0.15) is 23.0 Å². The Hall–Kier alpha value is -3.47. The van der Waals surface area contributed by atoms with Crippen LogP contribution >= 0.6 is 11.6 Å². The molecular formula is C21H18ClF3N6O2. The predicted octanol–water partition coefficient (Wildman–Crippen LogP) is 3.46. The van der Waals surface area contributed by atoms with Gasteiger partial charge in [0.2, 0.25) is 5.91 Å². The van der Waals surface area contributed by atoms with Crippen LogP contribution in [0.15, 0.2) is 49.1 Å². The number of carbonyl (C=O) groups excluding carboxylic acids is 2. The molecule has 1 saturated heterocycles. The summed E-state index contributed by atoms with van der Waals surface area (Å²) in [5.74, 6) is -1.17. The highest BCUT2D eigenvalue weighted by molar-refractivity contribution is 6.32. The fourth-order valence-electron chi connectivity index (χ4n) is 3.48. The molecule has 0 spiro atoms. The van der Waals surface area contributed by atoms with Gasteiger partial charge in [-0.15, -0.1) is 0 Å².